The molecule has 0 aliphatic heterocycles. The molecule has 126 valence electrons. The van der Waals surface area contributed by atoms with E-state index < -0.39 is 10.8 Å². The summed E-state index contributed by atoms with van der Waals surface area (Å²) in [6, 6.07) is 10.6. The zero-order valence-electron chi connectivity index (χ0n) is 13.0. The Morgan fingerprint density at radius 1 is 1.28 bits per heavy atom. The average Bonchev–Trinajstić information content (AvgIpc) is 2.61. The number of nitrogens with one attached hydrogen (secondary N) is 1. The summed E-state index contributed by atoms with van der Waals surface area (Å²) >= 11 is 6.00. The highest BCUT2D eigenvalue weighted by Gasteiger charge is 2.16. The maximum Gasteiger partial charge on any atom is 0.270 e. The van der Waals surface area contributed by atoms with Gasteiger partial charge in [0, 0.05) is 23.7 Å². The van der Waals surface area contributed by atoms with Crippen LogP contribution in [-0.2, 0) is 0 Å². The molecule has 0 atom stereocenters. The van der Waals surface area contributed by atoms with E-state index in [1.54, 1.807) is 37.6 Å². The number of anilines is 1. The minimum Gasteiger partial charge on any atom is -0.494 e. The largest absolute Gasteiger partial charge is 0.494 e. The molecule has 0 radical (unpaired) electrons. The van der Waals surface area contributed by atoms with Gasteiger partial charge in [0.1, 0.15) is 11.3 Å². The second kappa shape index (κ2) is 6.74. The Hall–Kier alpha value is -3.19. The molecular formula is C17H12ClN3O4. The molecule has 0 aliphatic rings. The van der Waals surface area contributed by atoms with Crippen LogP contribution in [0.3, 0.4) is 0 Å². The average molecular weight is 358 g/mol. The maximum absolute atomic E-state index is 12.5. The van der Waals surface area contributed by atoms with Gasteiger partial charge in [-0.2, -0.15) is 0 Å². The number of carbonyl (C=O) groups is 1. The van der Waals surface area contributed by atoms with Gasteiger partial charge in [0.05, 0.1) is 28.3 Å². The lowest BCUT2D eigenvalue weighted by Gasteiger charge is -2.11. The SMILES string of the molecule is COc1ccc(NC(=O)c2ccc([N+](=O)[O-])cc2Cl)c2cccnc12. The third kappa shape index (κ3) is 3.22. The molecular weight excluding hydrogens is 346 g/mol. The predicted octanol–water partition coefficient (Wildman–Crippen LogP) is 4.06. The van der Waals surface area contributed by atoms with E-state index in [4.69, 9.17) is 16.3 Å². The zero-order chi connectivity index (χ0) is 18.0. The number of methoxy groups -OCH3 is 1. The number of nitro groups is 1. The fraction of sp³-hybridized carbons (Fsp3) is 0.0588. The molecule has 8 heteroatoms. The van der Waals surface area contributed by atoms with Gasteiger partial charge in [0.25, 0.3) is 11.6 Å². The van der Waals surface area contributed by atoms with Crippen LogP contribution < -0.4 is 10.1 Å². The number of nitro benzene ring substituents is 1. The molecule has 2 aromatic carbocycles. The predicted molar refractivity (Wildman–Crippen MR) is 94.4 cm³/mol. The number of amides is 1. The lowest BCUT2D eigenvalue weighted by Crippen LogP contribution is -2.13. The van der Waals surface area contributed by atoms with Gasteiger partial charge in [-0.05, 0) is 30.3 Å². The number of halogens is 1. The molecule has 1 amide bonds. The zero-order valence-corrected chi connectivity index (χ0v) is 13.8. The van der Waals surface area contributed by atoms with Crippen molar-refractivity contribution in [2.75, 3.05) is 12.4 Å². The second-order valence-electron chi connectivity index (χ2n) is 5.09. The number of fused-ring (bicyclic) bond motifs is 1. The quantitative estimate of drug-likeness (QED) is 0.561. The third-order valence-electron chi connectivity index (χ3n) is 3.61. The molecule has 3 aromatic rings. The molecule has 7 nitrogen and oxygen atoms in total. The molecule has 0 aliphatic carbocycles. The van der Waals surface area contributed by atoms with E-state index >= 15 is 0 Å². The van der Waals surface area contributed by atoms with Crippen LogP contribution in [0.2, 0.25) is 5.02 Å². The molecule has 1 heterocycles. The second-order valence-corrected chi connectivity index (χ2v) is 5.50. The van der Waals surface area contributed by atoms with Crippen molar-refractivity contribution in [3.8, 4) is 5.75 Å². The minimum absolute atomic E-state index is 0.00245. The summed E-state index contributed by atoms with van der Waals surface area (Å²) in [6.07, 6.45) is 1.63. The van der Waals surface area contributed by atoms with Gasteiger partial charge in [0.15, 0.2) is 0 Å². The van der Waals surface area contributed by atoms with Crippen LogP contribution in [0.4, 0.5) is 11.4 Å². The van der Waals surface area contributed by atoms with E-state index in [1.807, 2.05) is 0 Å². The van der Waals surface area contributed by atoms with Gasteiger partial charge in [-0.1, -0.05) is 11.6 Å². The highest BCUT2D eigenvalue weighted by molar-refractivity contribution is 6.34. The third-order valence-corrected chi connectivity index (χ3v) is 3.92. The van der Waals surface area contributed by atoms with Gasteiger partial charge >= 0.3 is 0 Å². The maximum atomic E-state index is 12.5. The first-order valence-corrected chi connectivity index (χ1v) is 7.56. The fourth-order valence-electron chi connectivity index (χ4n) is 2.41. The summed E-state index contributed by atoms with van der Waals surface area (Å²) < 4.78 is 5.27. The minimum atomic E-state index is -0.573. The summed E-state index contributed by atoms with van der Waals surface area (Å²) in [5.41, 5.74) is 1.10. The van der Waals surface area contributed by atoms with Crippen molar-refractivity contribution < 1.29 is 14.5 Å². The molecule has 0 spiro atoms. The summed E-state index contributed by atoms with van der Waals surface area (Å²) in [4.78, 5) is 26.9. The van der Waals surface area contributed by atoms with Crippen molar-refractivity contribution in [3.05, 3.63) is 69.4 Å². The number of pyridine rings is 1. The number of non-ortho nitro benzene ring substituents is 1. The first-order chi connectivity index (χ1) is 12.0. The normalized spacial score (nSPS) is 10.5. The molecule has 1 N–H and O–H groups in total. The van der Waals surface area contributed by atoms with E-state index in [0.29, 0.717) is 22.3 Å². The molecule has 0 saturated heterocycles. The molecule has 0 unspecified atom stereocenters. The van der Waals surface area contributed by atoms with Crippen molar-refractivity contribution in [3.63, 3.8) is 0 Å². The van der Waals surface area contributed by atoms with Crippen LogP contribution in [0.25, 0.3) is 10.9 Å². The van der Waals surface area contributed by atoms with Gasteiger partial charge in [0.2, 0.25) is 0 Å². The lowest BCUT2D eigenvalue weighted by atomic mass is 10.1. The molecule has 3 rings (SSSR count). The van der Waals surface area contributed by atoms with Gasteiger partial charge < -0.3 is 10.1 Å². The Kier molecular flexibility index (Phi) is 4.49. The number of aromatic nitrogens is 1. The molecule has 0 fully saturated rings. The molecule has 1 aromatic heterocycles. The van der Waals surface area contributed by atoms with Crippen molar-refractivity contribution in [1.82, 2.24) is 4.98 Å². The monoisotopic (exact) mass is 357 g/mol. The number of carbonyl (C=O) groups excluding carboxylic acids is 1. The van der Waals surface area contributed by atoms with Crippen LogP contribution in [0.15, 0.2) is 48.7 Å². The Labute approximate surface area is 147 Å². The number of nitrogens with zero attached hydrogens (tertiary/aromatic N) is 2. The number of rotatable bonds is 4. The first kappa shape index (κ1) is 16.7. The fourth-order valence-corrected chi connectivity index (χ4v) is 2.67. The van der Waals surface area contributed by atoms with Gasteiger partial charge in [-0.25, -0.2) is 0 Å². The van der Waals surface area contributed by atoms with Crippen LogP contribution in [0.5, 0.6) is 5.75 Å². The van der Waals surface area contributed by atoms with Crippen LogP contribution in [0.1, 0.15) is 10.4 Å². The van der Waals surface area contributed by atoms with E-state index in [-0.39, 0.29) is 16.3 Å². The Balaban J connectivity index is 1.97. The van der Waals surface area contributed by atoms with Gasteiger partial charge in [-0.15, -0.1) is 0 Å². The number of benzene rings is 2. The Morgan fingerprint density at radius 2 is 2.08 bits per heavy atom. The van der Waals surface area contributed by atoms with E-state index in [0.717, 1.165) is 6.07 Å². The van der Waals surface area contributed by atoms with E-state index in [2.05, 4.69) is 10.3 Å². The van der Waals surface area contributed by atoms with Crippen molar-refractivity contribution >= 4 is 39.8 Å². The summed E-state index contributed by atoms with van der Waals surface area (Å²) in [6.45, 7) is 0. The van der Waals surface area contributed by atoms with Crippen LogP contribution >= 0.6 is 11.6 Å². The van der Waals surface area contributed by atoms with Crippen LogP contribution in [-0.4, -0.2) is 22.9 Å². The first-order valence-electron chi connectivity index (χ1n) is 7.18. The standard InChI is InChI=1S/C17H12ClN3O4/c1-25-15-7-6-14(12-3-2-8-19-16(12)15)20-17(22)11-5-4-10(21(23)24)9-13(11)18/h2-9H,1H3,(H,20,22). The van der Waals surface area contributed by atoms with E-state index in [9.17, 15) is 14.9 Å². The molecule has 0 saturated carbocycles. The topological polar surface area (TPSA) is 94.4 Å². The number of hydrogen-bond donors (Lipinski definition) is 1. The van der Waals surface area contributed by atoms with Gasteiger partial charge in [-0.3, -0.25) is 19.9 Å². The summed E-state index contributed by atoms with van der Waals surface area (Å²) in [7, 11) is 1.54. The van der Waals surface area contributed by atoms with Crippen molar-refractivity contribution in [2.45, 2.75) is 0 Å². The highest BCUT2D eigenvalue weighted by atomic mass is 35.5. The van der Waals surface area contributed by atoms with Crippen molar-refractivity contribution in [2.24, 2.45) is 0 Å². The van der Waals surface area contributed by atoms with Crippen LogP contribution in [0, 0.1) is 10.1 Å². The highest BCUT2D eigenvalue weighted by Crippen LogP contribution is 2.30. The number of ether oxygens (including phenoxy) is 1. The summed E-state index contributed by atoms with van der Waals surface area (Å²) in [5.74, 6) is 0.109. The van der Waals surface area contributed by atoms with Crippen molar-refractivity contribution in [1.29, 1.82) is 0 Å². The Bertz CT molecular complexity index is 991. The number of hydrogen-bond acceptors (Lipinski definition) is 5. The smallest absolute Gasteiger partial charge is 0.270 e. The molecule has 25 heavy (non-hydrogen) atoms. The Morgan fingerprint density at radius 3 is 2.76 bits per heavy atom. The summed E-state index contributed by atoms with van der Waals surface area (Å²) in [5, 5.41) is 14.2. The lowest BCUT2D eigenvalue weighted by molar-refractivity contribution is -0.384. The van der Waals surface area contributed by atoms with E-state index in [1.165, 1.54) is 12.1 Å². The molecule has 0 bridgehead atoms.